The van der Waals surface area contributed by atoms with E-state index in [-0.39, 0.29) is 5.91 Å². The number of nitrogens with zero attached hydrogens (tertiary/aromatic N) is 2. The summed E-state index contributed by atoms with van der Waals surface area (Å²) < 4.78 is 0. The average Bonchev–Trinajstić information content (AvgIpc) is 2.58. The fraction of sp³-hybridized carbons (Fsp3) is 0.143. The van der Waals surface area contributed by atoms with Gasteiger partial charge in [-0.15, -0.1) is 0 Å². The van der Waals surface area contributed by atoms with Crippen LogP contribution in [0.3, 0.4) is 0 Å². The summed E-state index contributed by atoms with van der Waals surface area (Å²) in [5, 5.41) is 0. The van der Waals surface area contributed by atoms with Gasteiger partial charge in [0.2, 0.25) is 0 Å². The van der Waals surface area contributed by atoms with Gasteiger partial charge in [0.15, 0.2) is 0 Å². The second-order valence-corrected chi connectivity index (χ2v) is 4.08. The topological polar surface area (TPSA) is 32.7 Å². The van der Waals surface area contributed by atoms with Crippen molar-refractivity contribution in [3.63, 3.8) is 0 Å². The highest BCUT2D eigenvalue weighted by Crippen LogP contribution is 2.25. The Morgan fingerprint density at radius 3 is 2.24 bits per heavy atom. The molecule has 0 saturated carbocycles. The van der Waals surface area contributed by atoms with E-state index in [9.17, 15) is 4.79 Å². The molecule has 0 fully saturated rings. The molecule has 0 saturated heterocycles. The second kappa shape index (κ2) is 4.78. The summed E-state index contributed by atoms with van der Waals surface area (Å²) in [6.45, 7) is 0. The Kier molecular flexibility index (Phi) is 3.19. The predicted molar refractivity (Wildman–Crippen MR) is 69.6 cm³/mol. The van der Waals surface area contributed by atoms with E-state index >= 15 is 0 Å². The number of hydrogen-bond acceptors (Lipinski definition) is 1. The Hall–Kier alpha value is -2.16. The van der Waals surface area contributed by atoms with Crippen molar-refractivity contribution in [1.29, 1.82) is 0 Å². The summed E-state index contributed by atoms with van der Waals surface area (Å²) in [6, 6.07) is 13.6. The minimum Gasteiger partial charge on any atom is -0.369 e. The molecule has 0 heterocycles. The van der Waals surface area contributed by atoms with E-state index in [4.69, 9.17) is 0 Å². The van der Waals surface area contributed by atoms with Gasteiger partial charge >= 0.3 is 0 Å². The number of aliphatic imine (C=N–C) groups is 1. The Bertz CT molecular complexity index is 501. The maximum absolute atomic E-state index is 11.8. The first-order valence-corrected chi connectivity index (χ1v) is 5.40. The molecule has 0 unspecified atom stereocenters. The minimum atomic E-state index is -0.211. The van der Waals surface area contributed by atoms with Crippen molar-refractivity contribution < 1.29 is 4.79 Å². The molecule has 0 atom stereocenters. The summed E-state index contributed by atoms with van der Waals surface area (Å²) in [5.74, 6) is -0.211. The van der Waals surface area contributed by atoms with E-state index in [0.29, 0.717) is 5.56 Å². The maximum Gasteiger partial charge on any atom is 0.278 e. The van der Waals surface area contributed by atoms with Crippen LogP contribution in [0.4, 0.5) is 0 Å². The monoisotopic (exact) mass is 226 g/mol. The fourth-order valence-corrected chi connectivity index (χ4v) is 1.58. The van der Waals surface area contributed by atoms with Crippen LogP contribution >= 0.6 is 0 Å². The van der Waals surface area contributed by atoms with E-state index in [1.807, 2.05) is 56.6 Å². The van der Waals surface area contributed by atoms with E-state index in [2.05, 4.69) is 4.99 Å². The van der Waals surface area contributed by atoms with Gasteiger partial charge in [-0.3, -0.25) is 4.79 Å². The summed E-state index contributed by atoms with van der Waals surface area (Å²) in [7, 11) is 3.66. The molecule has 0 aromatic heterocycles. The van der Waals surface area contributed by atoms with Gasteiger partial charge in [0.25, 0.3) is 5.91 Å². The normalized spacial score (nSPS) is 10.9. The molecule has 86 valence electrons. The van der Waals surface area contributed by atoms with Crippen LogP contribution in [0.2, 0.25) is 0 Å². The lowest BCUT2D eigenvalue weighted by Crippen LogP contribution is -2.09. The number of hydrogen-bond donors (Lipinski definition) is 0. The average molecular weight is 226 g/mol. The van der Waals surface area contributed by atoms with Crippen molar-refractivity contribution in [1.82, 2.24) is 4.90 Å². The van der Waals surface area contributed by atoms with E-state index in [0.717, 1.165) is 11.1 Å². The van der Waals surface area contributed by atoms with Crippen LogP contribution in [0, 0.1) is 0 Å². The highest BCUT2D eigenvalue weighted by atomic mass is 16.1. The smallest absolute Gasteiger partial charge is 0.278 e. The zero-order valence-electron chi connectivity index (χ0n) is 9.92. The predicted octanol–water partition coefficient (Wildman–Crippen LogP) is 2.52. The molecular weight excluding hydrogens is 212 g/mol. The van der Waals surface area contributed by atoms with Crippen LogP contribution in [0.5, 0.6) is 0 Å². The lowest BCUT2D eigenvalue weighted by Gasteiger charge is -2.00. The molecule has 17 heavy (non-hydrogen) atoms. The van der Waals surface area contributed by atoms with Crippen molar-refractivity contribution in [3.05, 3.63) is 48.0 Å². The molecular formula is C14H14N2O. The SMILES string of the molecule is CN(C)C=NC(=O)c1cc2cccccc-2c1. The van der Waals surface area contributed by atoms with Gasteiger partial charge in [-0.1, -0.05) is 30.3 Å². The van der Waals surface area contributed by atoms with Crippen LogP contribution in [-0.2, 0) is 0 Å². The van der Waals surface area contributed by atoms with Crippen LogP contribution in [-0.4, -0.2) is 31.2 Å². The van der Waals surface area contributed by atoms with Gasteiger partial charge in [-0.05, 0) is 23.3 Å². The van der Waals surface area contributed by atoms with E-state index in [1.54, 1.807) is 4.90 Å². The summed E-state index contributed by atoms with van der Waals surface area (Å²) in [5.41, 5.74) is 2.74. The molecule has 1 amide bonds. The third-order valence-corrected chi connectivity index (χ3v) is 2.38. The molecule has 2 aliphatic rings. The highest BCUT2D eigenvalue weighted by Gasteiger charge is 2.10. The van der Waals surface area contributed by atoms with Crippen molar-refractivity contribution in [2.45, 2.75) is 0 Å². The largest absolute Gasteiger partial charge is 0.369 e. The molecule has 0 radical (unpaired) electrons. The first kappa shape index (κ1) is 11.3. The molecule has 0 aliphatic heterocycles. The van der Waals surface area contributed by atoms with Crippen LogP contribution in [0.25, 0.3) is 11.1 Å². The second-order valence-electron chi connectivity index (χ2n) is 4.08. The first-order valence-electron chi connectivity index (χ1n) is 5.40. The summed E-state index contributed by atoms with van der Waals surface area (Å²) in [4.78, 5) is 17.4. The first-order chi connectivity index (χ1) is 8.16. The Labute approximate surface area is 101 Å². The van der Waals surface area contributed by atoms with Crippen molar-refractivity contribution in [3.8, 4) is 11.1 Å². The van der Waals surface area contributed by atoms with Gasteiger partial charge < -0.3 is 4.90 Å². The van der Waals surface area contributed by atoms with Crippen LogP contribution < -0.4 is 0 Å². The fourth-order valence-electron chi connectivity index (χ4n) is 1.58. The van der Waals surface area contributed by atoms with Crippen LogP contribution in [0.1, 0.15) is 10.4 Å². The van der Waals surface area contributed by atoms with Crippen molar-refractivity contribution in [2.75, 3.05) is 14.1 Å². The summed E-state index contributed by atoms with van der Waals surface area (Å²) >= 11 is 0. The minimum absolute atomic E-state index is 0.211. The van der Waals surface area contributed by atoms with E-state index < -0.39 is 0 Å². The molecule has 0 spiro atoms. The van der Waals surface area contributed by atoms with Gasteiger partial charge in [0.05, 0.1) is 6.34 Å². The number of carbonyl (C=O) groups is 1. The Balaban J connectivity index is 2.32. The zero-order valence-corrected chi connectivity index (χ0v) is 9.92. The number of carbonyl (C=O) groups excluding carboxylic acids is 1. The van der Waals surface area contributed by atoms with E-state index in [1.165, 1.54) is 6.34 Å². The maximum atomic E-state index is 11.8. The molecule has 2 rings (SSSR count). The standard InChI is InChI=1S/C14H14N2O/c1-16(2)10-15-14(17)13-8-11-6-4-3-5-7-12(11)9-13/h3-10H,1-2H3. The zero-order chi connectivity index (χ0) is 12.3. The number of amides is 1. The van der Waals surface area contributed by atoms with Crippen molar-refractivity contribution >= 4 is 12.2 Å². The third-order valence-electron chi connectivity index (χ3n) is 2.38. The highest BCUT2D eigenvalue weighted by molar-refractivity contribution is 6.01. The molecule has 0 N–H and O–H groups in total. The van der Waals surface area contributed by atoms with Gasteiger partial charge in [0, 0.05) is 19.7 Å². The van der Waals surface area contributed by atoms with Gasteiger partial charge in [-0.2, -0.15) is 4.99 Å². The quantitative estimate of drug-likeness (QED) is 0.582. The lowest BCUT2D eigenvalue weighted by molar-refractivity contribution is 0.100. The van der Waals surface area contributed by atoms with Crippen LogP contribution in [0.15, 0.2) is 47.5 Å². The van der Waals surface area contributed by atoms with Crippen molar-refractivity contribution in [2.24, 2.45) is 4.99 Å². The molecule has 0 aromatic rings. The molecule has 0 bridgehead atoms. The summed E-state index contributed by atoms with van der Waals surface area (Å²) in [6.07, 6.45) is 1.51. The van der Waals surface area contributed by atoms with Gasteiger partial charge in [-0.25, -0.2) is 0 Å². The van der Waals surface area contributed by atoms with Gasteiger partial charge in [0.1, 0.15) is 0 Å². The Morgan fingerprint density at radius 1 is 1.12 bits per heavy atom. The molecule has 3 heteroatoms. The third kappa shape index (κ3) is 2.69. The number of rotatable bonds is 2. The molecule has 3 nitrogen and oxygen atoms in total. The number of fused-ring (bicyclic) bond motifs is 1. The lowest BCUT2D eigenvalue weighted by atomic mass is 10.2. The molecule has 0 aromatic carbocycles. The Morgan fingerprint density at radius 2 is 1.71 bits per heavy atom. The molecule has 2 aliphatic carbocycles.